The summed E-state index contributed by atoms with van der Waals surface area (Å²) in [5.74, 6) is -0.403. The molecule has 0 unspecified atom stereocenters. The number of thiophene rings is 1. The zero-order chi connectivity index (χ0) is 21.9. The maximum atomic E-state index is 12.7. The van der Waals surface area contributed by atoms with Gasteiger partial charge in [0.15, 0.2) is 0 Å². The molecule has 0 aliphatic heterocycles. The van der Waals surface area contributed by atoms with E-state index in [0.29, 0.717) is 9.90 Å². The number of carbonyl (C=O) groups excluding carboxylic acids is 2. The number of hydrogen-bond donors (Lipinski definition) is 2. The van der Waals surface area contributed by atoms with Crippen LogP contribution in [0.4, 0.5) is 23.7 Å². The lowest BCUT2D eigenvalue weighted by molar-refractivity contribution is -0.137. The van der Waals surface area contributed by atoms with E-state index >= 15 is 0 Å². The Morgan fingerprint density at radius 1 is 1.10 bits per heavy atom. The van der Waals surface area contributed by atoms with Crippen molar-refractivity contribution < 1.29 is 27.5 Å². The third-order valence-electron chi connectivity index (χ3n) is 3.88. The molecule has 2 amide bonds. The number of anilines is 1. The lowest BCUT2D eigenvalue weighted by Gasteiger charge is -2.11. The van der Waals surface area contributed by atoms with E-state index < -0.39 is 28.8 Å². The first-order valence-electron chi connectivity index (χ1n) is 8.42. The van der Waals surface area contributed by atoms with Crippen molar-refractivity contribution in [2.75, 3.05) is 18.5 Å². The number of fused-ring (bicyclic) bond motifs is 1. The molecule has 5 nitrogen and oxygen atoms in total. The monoisotopic (exact) mass is 476 g/mol. The molecule has 2 N–H and O–H groups in total. The normalized spacial score (nSPS) is 11.4. The molecular weight excluding hydrogens is 464 g/mol. The summed E-state index contributed by atoms with van der Waals surface area (Å²) in [5, 5.41) is 5.43. The molecule has 1 aromatic heterocycles. The Hall–Kier alpha value is -2.49. The highest BCUT2D eigenvalue weighted by Crippen LogP contribution is 2.36. The first-order chi connectivity index (χ1) is 14.2. The van der Waals surface area contributed by atoms with E-state index in [1.807, 2.05) is 24.3 Å². The van der Waals surface area contributed by atoms with E-state index in [4.69, 9.17) is 27.9 Å². The molecule has 0 atom stereocenters. The minimum absolute atomic E-state index is 0.0184. The van der Waals surface area contributed by atoms with Gasteiger partial charge in [0.05, 0.1) is 22.2 Å². The molecule has 0 saturated carbocycles. The van der Waals surface area contributed by atoms with Crippen molar-refractivity contribution in [3.05, 3.63) is 63.0 Å². The first kappa shape index (κ1) is 22.2. The SMILES string of the molecule is O=C(Nc1ccc(C(F)(F)F)c(Cl)c1)OCCNC(=O)c1sc2ccccc2c1Cl. The van der Waals surface area contributed by atoms with Crippen molar-refractivity contribution in [1.82, 2.24) is 5.32 Å². The minimum Gasteiger partial charge on any atom is -0.447 e. The molecule has 0 aliphatic rings. The van der Waals surface area contributed by atoms with Gasteiger partial charge in [-0.25, -0.2) is 4.79 Å². The van der Waals surface area contributed by atoms with Gasteiger partial charge >= 0.3 is 12.3 Å². The van der Waals surface area contributed by atoms with Gasteiger partial charge in [-0.2, -0.15) is 13.2 Å². The first-order valence-corrected chi connectivity index (χ1v) is 10.00. The topological polar surface area (TPSA) is 67.4 Å². The Morgan fingerprint density at radius 2 is 1.83 bits per heavy atom. The standard InChI is InChI=1S/C19H13Cl2F3N2O3S/c20-13-9-10(5-6-12(13)19(22,23)24)26-18(28)29-8-7-25-17(27)16-15(21)11-3-1-2-4-14(11)30-16/h1-6,9H,7-8H2,(H,25,27)(H,26,28). The Bertz CT molecular complexity index is 1100. The van der Waals surface area contributed by atoms with Crippen molar-refractivity contribution in [3.63, 3.8) is 0 Å². The fourth-order valence-electron chi connectivity index (χ4n) is 2.53. The van der Waals surface area contributed by atoms with E-state index in [1.54, 1.807) is 0 Å². The number of ether oxygens (including phenoxy) is 1. The van der Waals surface area contributed by atoms with Gasteiger partial charge in [0, 0.05) is 15.8 Å². The average Bonchev–Trinajstić information content (AvgIpc) is 3.01. The van der Waals surface area contributed by atoms with E-state index in [-0.39, 0.29) is 18.8 Å². The maximum absolute atomic E-state index is 12.7. The highest BCUT2D eigenvalue weighted by atomic mass is 35.5. The van der Waals surface area contributed by atoms with Gasteiger partial charge in [-0.05, 0) is 24.3 Å². The van der Waals surface area contributed by atoms with Crippen LogP contribution in [-0.4, -0.2) is 25.2 Å². The molecule has 1 heterocycles. The number of benzene rings is 2. The highest BCUT2D eigenvalue weighted by Gasteiger charge is 2.33. The number of nitrogens with one attached hydrogen (secondary N) is 2. The summed E-state index contributed by atoms with van der Waals surface area (Å²) in [5.41, 5.74) is -0.968. The highest BCUT2D eigenvalue weighted by molar-refractivity contribution is 7.21. The summed E-state index contributed by atoms with van der Waals surface area (Å²) in [6.45, 7) is -0.140. The predicted octanol–water partition coefficient (Wildman–Crippen LogP) is 6.21. The molecule has 158 valence electrons. The van der Waals surface area contributed by atoms with Crippen molar-refractivity contribution in [1.29, 1.82) is 0 Å². The van der Waals surface area contributed by atoms with Crippen molar-refractivity contribution in [3.8, 4) is 0 Å². The summed E-state index contributed by atoms with van der Waals surface area (Å²) >= 11 is 13.1. The Morgan fingerprint density at radius 3 is 2.50 bits per heavy atom. The van der Waals surface area contributed by atoms with E-state index in [0.717, 1.165) is 28.3 Å². The summed E-state index contributed by atoms with van der Waals surface area (Å²) in [6.07, 6.45) is -5.49. The van der Waals surface area contributed by atoms with Crippen LogP contribution in [0.5, 0.6) is 0 Å². The number of carbonyl (C=O) groups is 2. The second-order valence-corrected chi connectivity index (χ2v) is 7.79. The average molecular weight is 477 g/mol. The number of rotatable bonds is 5. The van der Waals surface area contributed by atoms with Crippen LogP contribution in [-0.2, 0) is 10.9 Å². The molecule has 0 aliphatic carbocycles. The van der Waals surface area contributed by atoms with Crippen LogP contribution in [0.2, 0.25) is 10.0 Å². The Labute approximate surface area is 182 Å². The van der Waals surface area contributed by atoms with Crippen LogP contribution in [0.1, 0.15) is 15.2 Å². The smallest absolute Gasteiger partial charge is 0.417 e. The second kappa shape index (κ2) is 9.11. The number of amides is 2. The fourth-order valence-corrected chi connectivity index (χ4v) is 4.25. The molecule has 0 spiro atoms. The number of alkyl halides is 3. The lowest BCUT2D eigenvalue weighted by atomic mass is 10.2. The van der Waals surface area contributed by atoms with Gasteiger partial charge in [-0.1, -0.05) is 41.4 Å². The zero-order valence-electron chi connectivity index (χ0n) is 15.0. The maximum Gasteiger partial charge on any atom is 0.417 e. The Kier molecular flexibility index (Phi) is 6.74. The van der Waals surface area contributed by atoms with Gasteiger partial charge in [-0.15, -0.1) is 11.3 Å². The zero-order valence-corrected chi connectivity index (χ0v) is 17.3. The lowest BCUT2D eigenvalue weighted by Crippen LogP contribution is -2.28. The number of hydrogen-bond acceptors (Lipinski definition) is 4. The van der Waals surface area contributed by atoms with E-state index in [9.17, 15) is 22.8 Å². The summed E-state index contributed by atoms with van der Waals surface area (Å²) in [6, 6.07) is 10.1. The van der Waals surface area contributed by atoms with Crippen LogP contribution in [0, 0.1) is 0 Å². The summed E-state index contributed by atoms with van der Waals surface area (Å²) in [4.78, 5) is 24.4. The molecular formula is C19H13Cl2F3N2O3S. The molecule has 2 aromatic carbocycles. The minimum atomic E-state index is -4.59. The predicted molar refractivity (Wildman–Crippen MR) is 111 cm³/mol. The molecule has 0 fully saturated rings. The molecule has 11 heteroatoms. The van der Waals surface area contributed by atoms with Gasteiger partial charge < -0.3 is 10.1 Å². The van der Waals surface area contributed by atoms with Crippen LogP contribution >= 0.6 is 34.5 Å². The molecule has 3 aromatic rings. The van der Waals surface area contributed by atoms with Gasteiger partial charge in [0.25, 0.3) is 5.91 Å². The van der Waals surface area contributed by atoms with Crippen molar-refractivity contribution in [2.45, 2.75) is 6.18 Å². The van der Waals surface area contributed by atoms with Gasteiger partial charge in [0.2, 0.25) is 0 Å². The third-order valence-corrected chi connectivity index (χ3v) is 5.87. The molecule has 0 radical (unpaired) electrons. The van der Waals surface area contributed by atoms with Crippen molar-refractivity contribution >= 4 is 62.3 Å². The van der Waals surface area contributed by atoms with Gasteiger partial charge in [-0.3, -0.25) is 10.1 Å². The number of halogens is 5. The van der Waals surface area contributed by atoms with E-state index in [1.165, 1.54) is 11.3 Å². The quantitative estimate of drug-likeness (QED) is 0.430. The largest absolute Gasteiger partial charge is 0.447 e. The van der Waals surface area contributed by atoms with Gasteiger partial charge in [0.1, 0.15) is 11.5 Å². The van der Waals surface area contributed by atoms with E-state index in [2.05, 4.69) is 10.6 Å². The molecule has 3 rings (SSSR count). The molecule has 0 bridgehead atoms. The third kappa shape index (κ3) is 5.16. The fraction of sp³-hybridized carbons (Fsp3) is 0.158. The Balaban J connectivity index is 1.48. The van der Waals surface area contributed by atoms with Crippen LogP contribution < -0.4 is 10.6 Å². The molecule has 0 saturated heterocycles. The van der Waals surface area contributed by atoms with Crippen LogP contribution in [0.3, 0.4) is 0 Å². The second-order valence-electron chi connectivity index (χ2n) is 5.95. The summed E-state index contributed by atoms with van der Waals surface area (Å²) < 4.78 is 43.8. The summed E-state index contributed by atoms with van der Waals surface area (Å²) in [7, 11) is 0. The van der Waals surface area contributed by atoms with Crippen molar-refractivity contribution in [2.24, 2.45) is 0 Å². The van der Waals surface area contributed by atoms with Crippen LogP contribution in [0.25, 0.3) is 10.1 Å². The van der Waals surface area contributed by atoms with Crippen LogP contribution in [0.15, 0.2) is 42.5 Å². The molecule has 30 heavy (non-hydrogen) atoms.